The van der Waals surface area contributed by atoms with Crippen molar-refractivity contribution in [1.29, 1.82) is 0 Å². The molecule has 1 amide bonds. The lowest BCUT2D eigenvalue weighted by Crippen LogP contribution is -2.30. The van der Waals surface area contributed by atoms with Gasteiger partial charge in [0.05, 0.1) is 41.6 Å². The van der Waals surface area contributed by atoms with E-state index in [0.29, 0.717) is 52.9 Å². The average molecular weight is 628 g/mol. The van der Waals surface area contributed by atoms with Crippen LogP contribution in [-0.4, -0.2) is 52.5 Å². The van der Waals surface area contributed by atoms with Gasteiger partial charge < -0.3 is 24.8 Å². The number of pyridine rings is 1. The number of nitrogens with zero attached hydrogens (tertiary/aromatic N) is 3. The number of hydrogen-bond acceptors (Lipinski definition) is 7. The van der Waals surface area contributed by atoms with Gasteiger partial charge in [0.2, 0.25) is 10.0 Å². The molecular weight excluding hydrogens is 592 g/mol. The molecule has 2 aromatic heterocycles. The van der Waals surface area contributed by atoms with Gasteiger partial charge in [0, 0.05) is 54.7 Å². The average Bonchev–Trinajstić information content (AvgIpc) is 3.67. The zero-order valence-electron chi connectivity index (χ0n) is 25.0. The normalized spacial score (nSPS) is 16.0. The molecule has 0 atom stereocenters. The molecule has 3 aromatic rings. The van der Waals surface area contributed by atoms with E-state index in [1.807, 2.05) is 0 Å². The van der Waals surface area contributed by atoms with Crippen LogP contribution in [0.15, 0.2) is 66.6 Å². The number of H-pyrrole nitrogens is 1. The molecule has 1 saturated carbocycles. The Bertz CT molecular complexity index is 1850. The highest BCUT2D eigenvalue weighted by atomic mass is 32.2. The zero-order chi connectivity index (χ0) is 32.0. The van der Waals surface area contributed by atoms with Crippen molar-refractivity contribution in [2.45, 2.75) is 57.2 Å². The number of aromatic amines is 1. The van der Waals surface area contributed by atoms with Gasteiger partial charge in [-0.15, -0.1) is 6.58 Å². The van der Waals surface area contributed by atoms with Gasteiger partial charge >= 0.3 is 0 Å². The first-order valence-electron chi connectivity index (χ1n) is 14.0. The van der Waals surface area contributed by atoms with Crippen LogP contribution in [0.4, 0.5) is 14.5 Å². The van der Waals surface area contributed by atoms with E-state index in [9.17, 15) is 26.8 Å². The van der Waals surface area contributed by atoms with E-state index >= 15 is 0 Å². The maximum absolute atomic E-state index is 14.0. The lowest BCUT2D eigenvalue weighted by Gasteiger charge is -2.27. The zero-order valence-corrected chi connectivity index (χ0v) is 25.8. The number of amides is 1. The number of anilines is 1. The maximum Gasteiger partial charge on any atom is 0.262 e. The number of allylic oxidation sites excluding steroid dienone is 1. The number of carbonyl (C=O) groups is 1. The van der Waals surface area contributed by atoms with Gasteiger partial charge in [-0.3, -0.25) is 9.59 Å². The molecular formula is C31H35F2N5O5S. The second-order valence-electron chi connectivity index (χ2n) is 11.4. The Balaban J connectivity index is 1.59. The second kappa shape index (κ2) is 11.3. The van der Waals surface area contributed by atoms with Crippen molar-refractivity contribution >= 4 is 32.5 Å². The van der Waals surface area contributed by atoms with Crippen LogP contribution in [0.1, 0.15) is 53.4 Å². The summed E-state index contributed by atoms with van der Waals surface area (Å²) >= 11 is 0. The molecule has 2 N–H and O–H groups in total. The Kier molecular flexibility index (Phi) is 7.95. The van der Waals surface area contributed by atoms with Gasteiger partial charge in [0.25, 0.3) is 17.4 Å². The molecule has 0 spiro atoms. The van der Waals surface area contributed by atoms with Crippen LogP contribution >= 0.6 is 0 Å². The number of aryl methyl sites for hydroxylation is 2. The summed E-state index contributed by atoms with van der Waals surface area (Å²) in [6.45, 7) is 7.35. The molecule has 1 aliphatic heterocycles. The molecule has 234 valence electrons. The summed E-state index contributed by atoms with van der Waals surface area (Å²) in [5.41, 5.74) is 1.92. The van der Waals surface area contributed by atoms with E-state index in [0.717, 1.165) is 6.92 Å². The molecule has 2 aliphatic rings. The third kappa shape index (κ3) is 5.75. The predicted octanol–water partition coefficient (Wildman–Crippen LogP) is 4.89. The number of ether oxygens (including phenoxy) is 1. The van der Waals surface area contributed by atoms with Gasteiger partial charge in [0.1, 0.15) is 5.75 Å². The first kappa shape index (κ1) is 31.0. The third-order valence-corrected chi connectivity index (χ3v) is 10.4. The Morgan fingerprint density at radius 1 is 1.18 bits per heavy atom. The van der Waals surface area contributed by atoms with Gasteiger partial charge in [-0.2, -0.15) is 0 Å². The molecule has 5 rings (SSSR count). The molecule has 1 aromatic carbocycles. The van der Waals surface area contributed by atoms with Crippen molar-refractivity contribution in [3.63, 3.8) is 0 Å². The highest BCUT2D eigenvalue weighted by molar-refractivity contribution is 7.91. The van der Waals surface area contributed by atoms with Crippen molar-refractivity contribution in [2.24, 2.45) is 0 Å². The standard InChI is InChI=1S/C31H35F2N5O5S/c1-6-7-31(8-9-31)44(41,42)38-18-20(2)27-23(28(39)34-17-24-26(43-5)14-21(3)35-29(24)40)15-22(16-25(27)38)37-12-10-36(11-13-37)19-30(4,32)33/h6,10-16,18H,1,7-9,17,19H2,2-5H3,(H,34,39)(H,35,40). The van der Waals surface area contributed by atoms with Crippen molar-refractivity contribution in [3.05, 3.63) is 94.6 Å². The number of hydrogen-bond donors (Lipinski definition) is 2. The number of halogens is 2. The Morgan fingerprint density at radius 3 is 2.45 bits per heavy atom. The fourth-order valence-corrected chi connectivity index (χ4v) is 7.59. The monoisotopic (exact) mass is 627 g/mol. The van der Waals surface area contributed by atoms with E-state index in [-0.39, 0.29) is 17.7 Å². The van der Waals surface area contributed by atoms with E-state index in [1.54, 1.807) is 55.4 Å². The predicted molar refractivity (Wildman–Crippen MR) is 165 cm³/mol. The van der Waals surface area contributed by atoms with Crippen LogP contribution < -0.4 is 20.5 Å². The molecule has 0 bridgehead atoms. The fourth-order valence-electron chi connectivity index (χ4n) is 5.53. The molecule has 44 heavy (non-hydrogen) atoms. The van der Waals surface area contributed by atoms with Crippen molar-refractivity contribution in [2.75, 3.05) is 18.6 Å². The first-order valence-corrected chi connectivity index (χ1v) is 15.5. The lowest BCUT2D eigenvalue weighted by atomic mass is 10.0. The largest absolute Gasteiger partial charge is 0.496 e. The van der Waals surface area contributed by atoms with Gasteiger partial charge in [0.15, 0.2) is 0 Å². The molecule has 1 aliphatic carbocycles. The highest BCUT2D eigenvalue weighted by Gasteiger charge is 2.54. The number of nitrogens with one attached hydrogen (secondary N) is 2. The van der Waals surface area contributed by atoms with E-state index in [2.05, 4.69) is 16.9 Å². The van der Waals surface area contributed by atoms with E-state index in [1.165, 1.54) is 34.6 Å². The minimum atomic E-state index is -3.88. The topological polar surface area (TPSA) is 117 Å². The number of alkyl halides is 2. The number of benzene rings is 1. The number of aromatic nitrogens is 2. The van der Waals surface area contributed by atoms with Crippen LogP contribution in [0, 0.1) is 13.8 Å². The van der Waals surface area contributed by atoms with Gasteiger partial charge in [-0.1, -0.05) is 6.08 Å². The first-order chi connectivity index (χ1) is 20.7. The Hall–Kier alpha value is -4.39. The molecule has 0 unspecified atom stereocenters. The number of rotatable bonds is 11. The smallest absolute Gasteiger partial charge is 0.262 e. The summed E-state index contributed by atoms with van der Waals surface area (Å²) in [7, 11) is -2.45. The summed E-state index contributed by atoms with van der Waals surface area (Å²) in [6, 6.07) is 4.92. The summed E-state index contributed by atoms with van der Waals surface area (Å²) in [4.78, 5) is 32.1. The van der Waals surface area contributed by atoms with Gasteiger partial charge in [-0.25, -0.2) is 21.2 Å². The van der Waals surface area contributed by atoms with Crippen LogP contribution in [0.3, 0.4) is 0 Å². The molecule has 0 radical (unpaired) electrons. The number of fused-ring (bicyclic) bond motifs is 1. The third-order valence-electron chi connectivity index (χ3n) is 7.89. The second-order valence-corrected chi connectivity index (χ2v) is 13.6. The quantitative estimate of drug-likeness (QED) is 0.291. The van der Waals surface area contributed by atoms with Crippen molar-refractivity contribution in [1.82, 2.24) is 19.2 Å². The van der Waals surface area contributed by atoms with Crippen molar-refractivity contribution in [3.8, 4) is 5.75 Å². The maximum atomic E-state index is 14.0. The van der Waals surface area contributed by atoms with Crippen LogP contribution in [-0.2, 0) is 16.6 Å². The summed E-state index contributed by atoms with van der Waals surface area (Å²) < 4.78 is 60.7. The van der Waals surface area contributed by atoms with Crippen LogP contribution in [0.5, 0.6) is 5.75 Å². The minimum Gasteiger partial charge on any atom is -0.496 e. The molecule has 3 heterocycles. The molecule has 13 heteroatoms. The lowest BCUT2D eigenvalue weighted by molar-refractivity contribution is 0.00535. The SMILES string of the molecule is C=CCC1(S(=O)(=O)n2cc(C)c3c(C(=O)NCc4c(OC)cc(C)[nH]c4=O)cc(N4C=CN(CC(C)(F)F)C=C4)cc32)CC1. The fraction of sp³-hybridized carbons (Fsp3) is 0.355. The summed E-state index contributed by atoms with van der Waals surface area (Å²) in [6.07, 6.45) is 10.5. The molecule has 10 nitrogen and oxygen atoms in total. The Labute approximate surface area is 254 Å². The summed E-state index contributed by atoms with van der Waals surface area (Å²) in [5, 5.41) is 3.22. The molecule has 1 fully saturated rings. The molecule has 0 saturated heterocycles. The Morgan fingerprint density at radius 2 is 1.86 bits per heavy atom. The van der Waals surface area contributed by atoms with E-state index in [4.69, 9.17) is 4.74 Å². The van der Waals surface area contributed by atoms with E-state index < -0.39 is 38.7 Å². The number of carbonyl (C=O) groups excluding carboxylic acids is 1. The van der Waals surface area contributed by atoms with Gasteiger partial charge in [-0.05, 0) is 56.9 Å². The summed E-state index contributed by atoms with van der Waals surface area (Å²) in [5.74, 6) is -3.14. The highest BCUT2D eigenvalue weighted by Crippen LogP contribution is 2.49. The van der Waals surface area contributed by atoms with Crippen molar-refractivity contribution < 1.29 is 26.7 Å². The number of methoxy groups -OCH3 is 1. The minimum absolute atomic E-state index is 0.145. The van der Waals surface area contributed by atoms with Crippen LogP contribution in [0.2, 0.25) is 0 Å². The van der Waals surface area contributed by atoms with Crippen LogP contribution in [0.25, 0.3) is 10.9 Å².